The predicted octanol–water partition coefficient (Wildman–Crippen LogP) is 2.42. The van der Waals surface area contributed by atoms with Gasteiger partial charge in [0.1, 0.15) is 5.78 Å². The highest BCUT2D eigenvalue weighted by molar-refractivity contribution is 5.85. The van der Waals surface area contributed by atoms with Gasteiger partial charge in [0.05, 0.1) is 6.61 Å². The van der Waals surface area contributed by atoms with Gasteiger partial charge in [-0.15, -0.1) is 0 Å². The number of Topliss-reactive ketones (excluding diaryl/α,β-unsaturated/α-hetero) is 1. The van der Waals surface area contributed by atoms with E-state index in [0.717, 1.165) is 12.8 Å². The van der Waals surface area contributed by atoms with Crippen LogP contribution >= 0.6 is 0 Å². The molecule has 2 heteroatoms. The number of hydrogen-bond donors (Lipinski definition) is 1. The third-order valence-electron chi connectivity index (χ3n) is 5.68. The summed E-state index contributed by atoms with van der Waals surface area (Å²) in [5, 5.41) is 9.49. The Bertz CT molecular complexity index is 396. The molecule has 0 spiro atoms. The Labute approximate surface area is 103 Å². The summed E-state index contributed by atoms with van der Waals surface area (Å²) >= 11 is 0. The molecule has 4 aliphatic carbocycles. The molecule has 0 aromatic rings. The van der Waals surface area contributed by atoms with Gasteiger partial charge in [-0.05, 0) is 41.1 Å². The quantitative estimate of drug-likeness (QED) is 0.745. The summed E-state index contributed by atoms with van der Waals surface area (Å²) in [7, 11) is 0. The maximum atomic E-state index is 12.2. The van der Waals surface area contributed by atoms with E-state index in [0.29, 0.717) is 29.5 Å². The minimum absolute atomic E-state index is 0.167. The maximum absolute atomic E-state index is 12.2. The molecule has 4 rings (SSSR count). The fraction of sp³-hybridized carbons (Fsp3) is 0.800. The van der Waals surface area contributed by atoms with Crippen LogP contribution in [0.2, 0.25) is 0 Å². The largest absolute Gasteiger partial charge is 0.392 e. The van der Waals surface area contributed by atoms with Crippen LogP contribution in [-0.2, 0) is 4.79 Å². The molecule has 4 bridgehead atoms. The monoisotopic (exact) mass is 234 g/mol. The average Bonchev–Trinajstić information content (AvgIpc) is 2.27. The lowest BCUT2D eigenvalue weighted by Gasteiger charge is -2.69. The molecule has 0 aromatic heterocycles. The van der Waals surface area contributed by atoms with Crippen LogP contribution in [0.1, 0.15) is 33.6 Å². The van der Waals surface area contributed by atoms with Gasteiger partial charge in [-0.2, -0.15) is 0 Å². The molecule has 94 valence electrons. The zero-order chi connectivity index (χ0) is 12.4. The number of ketones is 1. The maximum Gasteiger partial charge on any atom is 0.137 e. The van der Waals surface area contributed by atoms with Gasteiger partial charge in [-0.25, -0.2) is 0 Å². The zero-order valence-electron chi connectivity index (χ0n) is 10.9. The number of aliphatic hydroxyl groups is 1. The van der Waals surface area contributed by atoms with Crippen molar-refractivity contribution in [3.05, 3.63) is 11.6 Å². The molecule has 0 radical (unpaired) electrons. The summed E-state index contributed by atoms with van der Waals surface area (Å²) < 4.78 is 0. The van der Waals surface area contributed by atoms with E-state index >= 15 is 0 Å². The van der Waals surface area contributed by atoms with Crippen LogP contribution in [0.15, 0.2) is 11.6 Å². The fourth-order valence-corrected chi connectivity index (χ4v) is 5.11. The Morgan fingerprint density at radius 2 is 2.24 bits per heavy atom. The van der Waals surface area contributed by atoms with Gasteiger partial charge in [-0.3, -0.25) is 4.79 Å². The third kappa shape index (κ3) is 1.22. The van der Waals surface area contributed by atoms with Crippen molar-refractivity contribution < 1.29 is 9.90 Å². The number of carbonyl (C=O) groups excluding carboxylic acids is 1. The molecule has 0 saturated heterocycles. The summed E-state index contributed by atoms with van der Waals surface area (Å²) in [6, 6.07) is 0. The van der Waals surface area contributed by atoms with Gasteiger partial charge in [0.15, 0.2) is 0 Å². The molecule has 2 nitrogen and oxygen atoms in total. The highest BCUT2D eigenvalue weighted by Crippen LogP contribution is 2.70. The number of allylic oxidation sites excluding steroid dienone is 1. The normalized spacial score (nSPS) is 47.8. The molecule has 4 aliphatic rings. The first-order valence-corrected chi connectivity index (χ1v) is 6.83. The van der Waals surface area contributed by atoms with E-state index in [1.54, 1.807) is 0 Å². The van der Waals surface area contributed by atoms with E-state index in [2.05, 4.69) is 26.8 Å². The minimum Gasteiger partial charge on any atom is -0.392 e. The number of carbonyl (C=O) groups is 1. The van der Waals surface area contributed by atoms with Crippen molar-refractivity contribution in [1.82, 2.24) is 0 Å². The predicted molar refractivity (Wildman–Crippen MR) is 66.3 cm³/mol. The summed E-state index contributed by atoms with van der Waals surface area (Å²) in [4.78, 5) is 12.2. The minimum atomic E-state index is 0.167. The molecule has 17 heavy (non-hydrogen) atoms. The first kappa shape index (κ1) is 11.5. The second kappa shape index (κ2) is 3.44. The van der Waals surface area contributed by atoms with Gasteiger partial charge in [-0.1, -0.05) is 26.8 Å². The zero-order valence-corrected chi connectivity index (χ0v) is 10.9. The van der Waals surface area contributed by atoms with Crippen molar-refractivity contribution in [3.8, 4) is 0 Å². The smallest absolute Gasteiger partial charge is 0.137 e. The molecule has 5 atom stereocenters. The van der Waals surface area contributed by atoms with Crippen LogP contribution in [0, 0.1) is 35.0 Å². The van der Waals surface area contributed by atoms with Crippen molar-refractivity contribution in [2.75, 3.05) is 6.61 Å². The van der Waals surface area contributed by atoms with Gasteiger partial charge >= 0.3 is 0 Å². The summed E-state index contributed by atoms with van der Waals surface area (Å²) in [5.74, 6) is 2.85. The molecule has 3 saturated carbocycles. The van der Waals surface area contributed by atoms with Crippen LogP contribution in [0.4, 0.5) is 0 Å². The van der Waals surface area contributed by atoms with Crippen LogP contribution in [0.3, 0.4) is 0 Å². The molecule has 0 unspecified atom stereocenters. The molecule has 1 N–H and O–H groups in total. The van der Waals surface area contributed by atoms with Crippen LogP contribution < -0.4 is 0 Å². The van der Waals surface area contributed by atoms with Crippen LogP contribution in [-0.4, -0.2) is 17.5 Å². The van der Waals surface area contributed by atoms with Gasteiger partial charge in [0, 0.05) is 12.3 Å². The molecule has 0 amide bonds. The van der Waals surface area contributed by atoms with E-state index in [9.17, 15) is 9.90 Å². The summed E-state index contributed by atoms with van der Waals surface area (Å²) in [6.45, 7) is 6.78. The highest BCUT2D eigenvalue weighted by atomic mass is 16.3. The van der Waals surface area contributed by atoms with Crippen molar-refractivity contribution in [3.63, 3.8) is 0 Å². The lowest BCUT2D eigenvalue weighted by atomic mass is 9.34. The van der Waals surface area contributed by atoms with Crippen LogP contribution in [0.25, 0.3) is 0 Å². The Kier molecular flexibility index (Phi) is 2.32. The lowest BCUT2D eigenvalue weighted by Crippen LogP contribution is -2.67. The molecule has 0 heterocycles. The molecule has 0 aliphatic heterocycles. The van der Waals surface area contributed by atoms with Gasteiger partial charge in [0.2, 0.25) is 0 Å². The van der Waals surface area contributed by atoms with Crippen molar-refractivity contribution in [2.24, 2.45) is 35.0 Å². The first-order chi connectivity index (χ1) is 8.00. The van der Waals surface area contributed by atoms with E-state index < -0.39 is 0 Å². The topological polar surface area (TPSA) is 37.3 Å². The van der Waals surface area contributed by atoms with E-state index in [-0.39, 0.29) is 17.9 Å². The second-order valence-corrected chi connectivity index (χ2v) is 6.75. The Balaban J connectivity index is 1.99. The van der Waals surface area contributed by atoms with E-state index in [4.69, 9.17) is 0 Å². The average molecular weight is 234 g/mol. The van der Waals surface area contributed by atoms with Crippen molar-refractivity contribution in [1.29, 1.82) is 0 Å². The SMILES string of the molecule is CC(C)[C@H]1C(=O)C[C@@]2(C)[C@@H]3C(CO)=CC[C@H]2[C@H]13. The van der Waals surface area contributed by atoms with E-state index in [1.807, 2.05) is 0 Å². The molecular weight excluding hydrogens is 212 g/mol. The summed E-state index contributed by atoms with van der Waals surface area (Å²) in [5.41, 5.74) is 1.37. The van der Waals surface area contributed by atoms with Crippen molar-refractivity contribution >= 4 is 5.78 Å². The van der Waals surface area contributed by atoms with Crippen LogP contribution in [0.5, 0.6) is 0 Å². The Morgan fingerprint density at radius 3 is 2.82 bits per heavy atom. The van der Waals surface area contributed by atoms with Crippen molar-refractivity contribution in [2.45, 2.75) is 33.6 Å². The lowest BCUT2D eigenvalue weighted by molar-refractivity contribution is -0.189. The standard InChI is InChI=1S/C15H22O2/c1-8(2)12-11(17)6-15(3)10-5-4-9(7-16)14(15)13(10)12/h4,8,10,12-14,16H,5-7H2,1-3H3/t10-,12-,13+,14+,15+/m0/s1. The highest BCUT2D eigenvalue weighted by Gasteiger charge is 2.68. The van der Waals surface area contributed by atoms with E-state index in [1.165, 1.54) is 5.57 Å². The second-order valence-electron chi connectivity index (χ2n) is 6.75. The fourth-order valence-electron chi connectivity index (χ4n) is 5.11. The molecular formula is C15H22O2. The number of rotatable bonds is 2. The molecule has 3 fully saturated rings. The Hall–Kier alpha value is -0.630. The summed E-state index contributed by atoms with van der Waals surface area (Å²) in [6.07, 6.45) is 4.03. The third-order valence-corrected chi connectivity index (χ3v) is 5.68. The van der Waals surface area contributed by atoms with Gasteiger partial charge in [0.25, 0.3) is 0 Å². The first-order valence-electron chi connectivity index (χ1n) is 6.83. The number of fused-ring (bicyclic) bond motifs is 2. The molecule has 0 aromatic carbocycles. The number of hydrogen-bond acceptors (Lipinski definition) is 2. The number of aliphatic hydroxyl groups excluding tert-OH is 1. The Morgan fingerprint density at radius 1 is 1.53 bits per heavy atom. The van der Waals surface area contributed by atoms with Gasteiger partial charge < -0.3 is 5.11 Å².